The van der Waals surface area contributed by atoms with Gasteiger partial charge in [-0.2, -0.15) is 0 Å². The van der Waals surface area contributed by atoms with Crippen molar-refractivity contribution in [3.05, 3.63) is 35.4 Å². The number of fused-ring (bicyclic) bond motifs is 1. The second-order valence-electron chi connectivity index (χ2n) is 6.99. The second kappa shape index (κ2) is 7.45. The van der Waals surface area contributed by atoms with Crippen molar-refractivity contribution in [2.24, 2.45) is 5.92 Å². The summed E-state index contributed by atoms with van der Waals surface area (Å²) in [5, 5.41) is 3.25. The average Bonchev–Trinajstić information content (AvgIpc) is 2.61. The molecule has 0 spiro atoms. The number of rotatable bonds is 4. The summed E-state index contributed by atoms with van der Waals surface area (Å²) in [6.45, 7) is 6.87. The van der Waals surface area contributed by atoms with Crippen LogP contribution in [0.3, 0.4) is 0 Å². The molecule has 126 valence electrons. The third-order valence-corrected chi connectivity index (χ3v) is 5.48. The van der Waals surface area contributed by atoms with Gasteiger partial charge in [-0.15, -0.1) is 0 Å². The molecular formula is C19H29N3O. The first-order valence-electron chi connectivity index (χ1n) is 8.93. The smallest absolute Gasteiger partial charge is 0.239 e. The Morgan fingerprint density at radius 3 is 2.61 bits per heavy atom. The fourth-order valence-electron chi connectivity index (χ4n) is 3.91. The van der Waals surface area contributed by atoms with Crippen LogP contribution in [-0.4, -0.2) is 55.0 Å². The van der Waals surface area contributed by atoms with Crippen LogP contribution in [0.1, 0.15) is 30.9 Å². The summed E-state index contributed by atoms with van der Waals surface area (Å²) in [5.74, 6) is 1.04. The number of carbonyl (C=O) groups excluding carboxylic acids is 1. The van der Waals surface area contributed by atoms with Gasteiger partial charge in [0.2, 0.25) is 5.91 Å². The highest BCUT2D eigenvalue weighted by Gasteiger charge is 2.30. The molecule has 1 unspecified atom stereocenters. The van der Waals surface area contributed by atoms with Gasteiger partial charge in [0.15, 0.2) is 0 Å². The predicted molar refractivity (Wildman–Crippen MR) is 93.2 cm³/mol. The number of hydrogen-bond acceptors (Lipinski definition) is 3. The summed E-state index contributed by atoms with van der Waals surface area (Å²) in [6.07, 6.45) is 3.31. The van der Waals surface area contributed by atoms with Crippen molar-refractivity contribution in [2.75, 3.05) is 33.2 Å². The van der Waals surface area contributed by atoms with Crippen LogP contribution in [0.5, 0.6) is 0 Å². The molecule has 0 aromatic heterocycles. The minimum atomic E-state index is -0.00999. The number of hydrogen-bond donors (Lipinski definition) is 1. The van der Waals surface area contributed by atoms with E-state index in [1.807, 2.05) is 7.05 Å². The molecule has 0 bridgehead atoms. The maximum atomic E-state index is 12.8. The molecule has 2 heterocycles. The zero-order valence-corrected chi connectivity index (χ0v) is 14.4. The van der Waals surface area contributed by atoms with Gasteiger partial charge in [-0.3, -0.25) is 9.69 Å². The molecule has 0 aliphatic carbocycles. The van der Waals surface area contributed by atoms with E-state index in [2.05, 4.69) is 46.3 Å². The minimum absolute atomic E-state index is 0.00999. The lowest BCUT2D eigenvalue weighted by Crippen LogP contribution is -2.51. The quantitative estimate of drug-likeness (QED) is 0.922. The van der Waals surface area contributed by atoms with Gasteiger partial charge >= 0.3 is 0 Å². The molecule has 23 heavy (non-hydrogen) atoms. The topological polar surface area (TPSA) is 35.6 Å². The van der Waals surface area contributed by atoms with Crippen molar-refractivity contribution in [1.82, 2.24) is 15.1 Å². The summed E-state index contributed by atoms with van der Waals surface area (Å²) in [6, 6.07) is 8.61. The van der Waals surface area contributed by atoms with Gasteiger partial charge in [-0.05, 0) is 56.8 Å². The SMILES string of the molecule is CNCC1CCN(C(=O)C(C)N2CCc3ccccc3C2)CC1. The maximum absolute atomic E-state index is 12.8. The highest BCUT2D eigenvalue weighted by atomic mass is 16.2. The van der Waals surface area contributed by atoms with E-state index in [1.165, 1.54) is 11.1 Å². The molecule has 1 fully saturated rings. The fraction of sp³-hybridized carbons (Fsp3) is 0.632. The Balaban J connectivity index is 1.56. The van der Waals surface area contributed by atoms with Crippen molar-refractivity contribution < 1.29 is 4.79 Å². The lowest BCUT2D eigenvalue weighted by atomic mass is 9.95. The summed E-state index contributed by atoms with van der Waals surface area (Å²) in [4.78, 5) is 17.3. The van der Waals surface area contributed by atoms with Gasteiger partial charge in [-0.25, -0.2) is 0 Å². The van der Waals surface area contributed by atoms with Gasteiger partial charge in [-0.1, -0.05) is 24.3 Å². The van der Waals surface area contributed by atoms with Gasteiger partial charge in [0.1, 0.15) is 0 Å². The molecule has 1 atom stereocenters. The van der Waals surface area contributed by atoms with Gasteiger partial charge in [0, 0.05) is 26.2 Å². The molecule has 1 N–H and O–H groups in total. The Labute approximate surface area is 139 Å². The first kappa shape index (κ1) is 16.5. The highest BCUT2D eigenvalue weighted by Crippen LogP contribution is 2.22. The zero-order chi connectivity index (χ0) is 16.2. The van der Waals surface area contributed by atoms with Crippen molar-refractivity contribution in [1.29, 1.82) is 0 Å². The highest BCUT2D eigenvalue weighted by molar-refractivity contribution is 5.81. The lowest BCUT2D eigenvalue weighted by Gasteiger charge is -2.38. The molecular weight excluding hydrogens is 286 g/mol. The summed E-state index contributed by atoms with van der Waals surface area (Å²) in [7, 11) is 2.01. The third-order valence-electron chi connectivity index (χ3n) is 5.48. The number of piperidine rings is 1. The number of nitrogens with zero attached hydrogens (tertiary/aromatic N) is 2. The average molecular weight is 315 g/mol. The first-order chi connectivity index (χ1) is 11.2. The molecule has 1 aromatic carbocycles. The molecule has 2 aliphatic heterocycles. The largest absolute Gasteiger partial charge is 0.341 e. The van der Waals surface area contributed by atoms with Crippen molar-refractivity contribution in [2.45, 2.75) is 38.8 Å². The Hall–Kier alpha value is -1.39. The molecule has 4 heteroatoms. The molecule has 3 rings (SSSR count). The summed E-state index contributed by atoms with van der Waals surface area (Å²) >= 11 is 0. The Morgan fingerprint density at radius 1 is 1.22 bits per heavy atom. The van der Waals surface area contributed by atoms with Crippen LogP contribution in [0.25, 0.3) is 0 Å². The van der Waals surface area contributed by atoms with E-state index < -0.39 is 0 Å². The number of likely N-dealkylation sites (tertiary alicyclic amines) is 1. The van der Waals surface area contributed by atoms with Crippen LogP contribution in [0.15, 0.2) is 24.3 Å². The van der Waals surface area contributed by atoms with E-state index in [0.29, 0.717) is 5.91 Å². The predicted octanol–water partition coefficient (Wildman–Crippen LogP) is 1.89. The number of carbonyl (C=O) groups is 1. The Morgan fingerprint density at radius 2 is 1.91 bits per heavy atom. The summed E-state index contributed by atoms with van der Waals surface area (Å²) in [5.41, 5.74) is 2.82. The van der Waals surface area contributed by atoms with E-state index in [4.69, 9.17) is 0 Å². The zero-order valence-electron chi connectivity index (χ0n) is 14.4. The van der Waals surface area contributed by atoms with Crippen molar-refractivity contribution in [3.8, 4) is 0 Å². The van der Waals surface area contributed by atoms with E-state index >= 15 is 0 Å². The van der Waals surface area contributed by atoms with Crippen LogP contribution in [0.4, 0.5) is 0 Å². The molecule has 4 nitrogen and oxygen atoms in total. The van der Waals surface area contributed by atoms with Crippen molar-refractivity contribution >= 4 is 5.91 Å². The Bertz CT molecular complexity index is 537. The normalized spacial score (nSPS) is 21.0. The summed E-state index contributed by atoms with van der Waals surface area (Å²) < 4.78 is 0. The maximum Gasteiger partial charge on any atom is 0.239 e. The number of amides is 1. The third kappa shape index (κ3) is 3.75. The lowest BCUT2D eigenvalue weighted by molar-refractivity contribution is -0.138. The van der Waals surface area contributed by atoms with Gasteiger partial charge in [0.05, 0.1) is 6.04 Å². The fourth-order valence-corrected chi connectivity index (χ4v) is 3.91. The first-order valence-corrected chi connectivity index (χ1v) is 8.93. The minimum Gasteiger partial charge on any atom is -0.341 e. The number of benzene rings is 1. The van der Waals surface area contributed by atoms with E-state index in [1.54, 1.807) is 0 Å². The van der Waals surface area contributed by atoms with Crippen LogP contribution in [0.2, 0.25) is 0 Å². The Kier molecular flexibility index (Phi) is 5.34. The van der Waals surface area contributed by atoms with Crippen LogP contribution in [-0.2, 0) is 17.8 Å². The number of nitrogens with one attached hydrogen (secondary N) is 1. The van der Waals surface area contributed by atoms with Gasteiger partial charge < -0.3 is 10.2 Å². The molecule has 0 radical (unpaired) electrons. The molecule has 0 saturated carbocycles. The van der Waals surface area contributed by atoms with Gasteiger partial charge in [0.25, 0.3) is 0 Å². The van der Waals surface area contributed by atoms with Crippen molar-refractivity contribution in [3.63, 3.8) is 0 Å². The van der Waals surface area contributed by atoms with Crippen LogP contribution in [0, 0.1) is 5.92 Å². The molecule has 2 aliphatic rings. The molecule has 1 amide bonds. The monoisotopic (exact) mass is 315 g/mol. The molecule has 1 saturated heterocycles. The van der Waals surface area contributed by atoms with E-state index in [0.717, 1.165) is 57.9 Å². The standard InChI is InChI=1S/C19H29N3O/c1-15(19(23)21-10-7-16(8-11-21)13-20-2)22-12-9-17-5-3-4-6-18(17)14-22/h3-6,15-16,20H,7-14H2,1-2H3. The van der Waals surface area contributed by atoms with Crippen LogP contribution >= 0.6 is 0 Å². The van der Waals surface area contributed by atoms with Crippen LogP contribution < -0.4 is 5.32 Å². The second-order valence-corrected chi connectivity index (χ2v) is 6.99. The van der Waals surface area contributed by atoms with E-state index in [-0.39, 0.29) is 6.04 Å². The van der Waals surface area contributed by atoms with E-state index in [9.17, 15) is 4.79 Å². The molecule has 1 aromatic rings.